The topological polar surface area (TPSA) is 69.6 Å². The smallest absolute Gasteiger partial charge is 0.305 e. The van der Waals surface area contributed by atoms with Gasteiger partial charge in [-0.15, -0.1) is 0 Å². The summed E-state index contributed by atoms with van der Waals surface area (Å²) in [6.45, 7) is 5.56. The van der Waals surface area contributed by atoms with E-state index in [9.17, 15) is 9.59 Å². The van der Waals surface area contributed by atoms with Gasteiger partial charge in [0, 0.05) is 25.2 Å². The summed E-state index contributed by atoms with van der Waals surface area (Å²) in [4.78, 5) is 24.5. The first-order chi connectivity index (χ1) is 9.54. The molecular weight excluding hydrogens is 256 g/mol. The van der Waals surface area contributed by atoms with Crippen LogP contribution < -0.4 is 10.2 Å². The first-order valence-corrected chi connectivity index (χ1v) is 6.84. The van der Waals surface area contributed by atoms with Gasteiger partial charge in [-0.25, -0.2) is 0 Å². The zero-order valence-electron chi connectivity index (χ0n) is 12.1. The summed E-state index contributed by atoms with van der Waals surface area (Å²) < 4.78 is 0. The van der Waals surface area contributed by atoms with Gasteiger partial charge in [0.1, 0.15) is 0 Å². The molecule has 0 aromatic heterocycles. The van der Waals surface area contributed by atoms with Gasteiger partial charge in [0.25, 0.3) is 0 Å². The van der Waals surface area contributed by atoms with E-state index in [0.29, 0.717) is 13.0 Å². The lowest BCUT2D eigenvalue weighted by Gasteiger charge is -2.22. The Hall–Kier alpha value is -1.88. The molecule has 2 N–H and O–H groups in total. The third-order valence-electron chi connectivity index (χ3n) is 2.96. The fourth-order valence-corrected chi connectivity index (χ4v) is 1.84. The number of benzene rings is 1. The SMILES string of the molecule is CCNCCC(=O)N(CCC(=O)O)c1ccc(C)cc1. The number of nitrogens with one attached hydrogen (secondary N) is 1. The Bertz CT molecular complexity index is 443. The molecule has 0 bridgehead atoms. The van der Waals surface area contributed by atoms with E-state index in [0.717, 1.165) is 17.8 Å². The number of carbonyl (C=O) groups is 2. The third-order valence-corrected chi connectivity index (χ3v) is 2.96. The standard InChI is InChI=1S/C15H22N2O3/c1-3-16-10-8-14(18)17(11-9-15(19)20)13-6-4-12(2)5-7-13/h4-7,16H,3,8-11H2,1-2H3,(H,19,20). The number of carboxylic acids is 1. The van der Waals surface area contributed by atoms with Crippen LogP contribution in [-0.2, 0) is 9.59 Å². The van der Waals surface area contributed by atoms with Crippen molar-refractivity contribution in [3.05, 3.63) is 29.8 Å². The molecule has 5 nitrogen and oxygen atoms in total. The molecule has 0 atom stereocenters. The van der Waals surface area contributed by atoms with Crippen LogP contribution in [0.5, 0.6) is 0 Å². The first-order valence-electron chi connectivity index (χ1n) is 6.84. The number of amides is 1. The van der Waals surface area contributed by atoms with Crippen molar-refractivity contribution in [3.8, 4) is 0 Å². The van der Waals surface area contributed by atoms with Crippen molar-refractivity contribution < 1.29 is 14.7 Å². The largest absolute Gasteiger partial charge is 0.481 e. The minimum absolute atomic E-state index is 0.0547. The zero-order valence-corrected chi connectivity index (χ0v) is 12.1. The summed E-state index contributed by atoms with van der Waals surface area (Å²) in [6, 6.07) is 7.53. The number of hydrogen-bond acceptors (Lipinski definition) is 3. The minimum Gasteiger partial charge on any atom is -0.481 e. The molecule has 110 valence electrons. The number of anilines is 1. The van der Waals surface area contributed by atoms with Crippen molar-refractivity contribution in [3.63, 3.8) is 0 Å². The van der Waals surface area contributed by atoms with Gasteiger partial charge in [0.15, 0.2) is 0 Å². The van der Waals surface area contributed by atoms with Crippen molar-refractivity contribution in [2.24, 2.45) is 0 Å². The predicted molar refractivity (Wildman–Crippen MR) is 78.9 cm³/mol. The normalized spacial score (nSPS) is 10.3. The van der Waals surface area contributed by atoms with E-state index in [4.69, 9.17) is 5.11 Å². The molecule has 1 aromatic rings. The van der Waals surface area contributed by atoms with Crippen LogP contribution in [0.25, 0.3) is 0 Å². The number of carbonyl (C=O) groups excluding carboxylic acids is 1. The second-order valence-electron chi connectivity index (χ2n) is 4.63. The fraction of sp³-hybridized carbons (Fsp3) is 0.467. The average Bonchev–Trinajstić information content (AvgIpc) is 2.41. The lowest BCUT2D eigenvalue weighted by atomic mass is 10.2. The summed E-state index contributed by atoms with van der Waals surface area (Å²) in [6.07, 6.45) is 0.308. The molecule has 1 rings (SSSR count). The maximum atomic E-state index is 12.2. The number of aliphatic carboxylic acids is 1. The molecule has 0 spiro atoms. The first kappa shape index (κ1) is 16.2. The van der Waals surface area contributed by atoms with E-state index in [1.165, 1.54) is 0 Å². The van der Waals surface area contributed by atoms with Crippen molar-refractivity contribution >= 4 is 17.6 Å². The highest BCUT2D eigenvalue weighted by molar-refractivity contribution is 5.93. The molecule has 1 amide bonds. The molecule has 5 heteroatoms. The van der Waals surface area contributed by atoms with E-state index < -0.39 is 5.97 Å². The molecule has 0 saturated carbocycles. The van der Waals surface area contributed by atoms with Crippen LogP contribution in [0.15, 0.2) is 24.3 Å². The molecule has 0 unspecified atom stereocenters. The summed E-state index contributed by atoms with van der Waals surface area (Å²) in [5, 5.41) is 11.9. The number of rotatable bonds is 8. The molecule has 0 aliphatic rings. The quantitative estimate of drug-likeness (QED) is 0.711. The van der Waals surface area contributed by atoms with Gasteiger partial charge in [-0.2, -0.15) is 0 Å². The lowest BCUT2D eigenvalue weighted by Crippen LogP contribution is -2.35. The van der Waals surface area contributed by atoms with Gasteiger partial charge in [0.05, 0.1) is 6.42 Å². The van der Waals surface area contributed by atoms with Crippen molar-refractivity contribution in [2.75, 3.05) is 24.5 Å². The lowest BCUT2D eigenvalue weighted by molar-refractivity contribution is -0.136. The van der Waals surface area contributed by atoms with Crippen molar-refractivity contribution in [1.29, 1.82) is 0 Å². The molecule has 0 heterocycles. The molecule has 0 aliphatic carbocycles. The van der Waals surface area contributed by atoms with Crippen LogP contribution >= 0.6 is 0 Å². The highest BCUT2D eigenvalue weighted by Gasteiger charge is 2.16. The summed E-state index contributed by atoms with van der Waals surface area (Å²) in [5.74, 6) is -0.961. The highest BCUT2D eigenvalue weighted by atomic mass is 16.4. The summed E-state index contributed by atoms with van der Waals surface area (Å²) in [5.41, 5.74) is 1.85. The Kier molecular flexibility index (Phi) is 6.73. The Balaban J connectivity index is 2.75. The Morgan fingerprint density at radius 3 is 2.40 bits per heavy atom. The second kappa shape index (κ2) is 8.32. The minimum atomic E-state index is -0.901. The highest BCUT2D eigenvalue weighted by Crippen LogP contribution is 2.16. The predicted octanol–water partition coefficient (Wildman–Crippen LogP) is 1.80. The molecular formula is C15H22N2O3. The zero-order chi connectivity index (χ0) is 15.0. The molecule has 0 radical (unpaired) electrons. The van der Waals surface area contributed by atoms with Crippen LogP contribution in [0.1, 0.15) is 25.3 Å². The van der Waals surface area contributed by atoms with Crippen molar-refractivity contribution in [2.45, 2.75) is 26.7 Å². The van der Waals surface area contributed by atoms with Gasteiger partial charge in [0.2, 0.25) is 5.91 Å². The summed E-state index contributed by atoms with van der Waals surface area (Å²) in [7, 11) is 0. The number of hydrogen-bond donors (Lipinski definition) is 2. The van der Waals surface area contributed by atoms with Crippen LogP contribution in [0.3, 0.4) is 0 Å². The van der Waals surface area contributed by atoms with Crippen molar-refractivity contribution in [1.82, 2.24) is 5.32 Å². The Morgan fingerprint density at radius 1 is 1.20 bits per heavy atom. The van der Waals surface area contributed by atoms with Gasteiger partial charge in [-0.3, -0.25) is 9.59 Å². The van der Waals surface area contributed by atoms with E-state index in [2.05, 4.69) is 5.32 Å². The van der Waals surface area contributed by atoms with E-state index in [1.54, 1.807) is 4.90 Å². The van der Waals surface area contributed by atoms with E-state index >= 15 is 0 Å². The summed E-state index contributed by atoms with van der Waals surface area (Å²) >= 11 is 0. The van der Waals surface area contributed by atoms with Crippen LogP contribution in [-0.4, -0.2) is 36.6 Å². The fourth-order valence-electron chi connectivity index (χ4n) is 1.84. The van der Waals surface area contributed by atoms with Gasteiger partial charge in [-0.05, 0) is 25.6 Å². The van der Waals surface area contributed by atoms with Crippen LogP contribution in [0, 0.1) is 6.92 Å². The second-order valence-corrected chi connectivity index (χ2v) is 4.63. The average molecular weight is 278 g/mol. The van der Waals surface area contributed by atoms with Crippen LogP contribution in [0.2, 0.25) is 0 Å². The van der Waals surface area contributed by atoms with Gasteiger partial charge < -0.3 is 15.3 Å². The Morgan fingerprint density at radius 2 is 1.85 bits per heavy atom. The molecule has 20 heavy (non-hydrogen) atoms. The molecule has 1 aromatic carbocycles. The van der Waals surface area contributed by atoms with Gasteiger partial charge >= 0.3 is 5.97 Å². The molecule has 0 aliphatic heterocycles. The van der Waals surface area contributed by atoms with Crippen LogP contribution in [0.4, 0.5) is 5.69 Å². The Labute approximate surface area is 119 Å². The number of carboxylic acid groups (broad SMARTS) is 1. The number of nitrogens with zero attached hydrogens (tertiary/aromatic N) is 1. The molecule has 0 saturated heterocycles. The van der Waals surface area contributed by atoms with E-state index in [-0.39, 0.29) is 18.9 Å². The third kappa shape index (κ3) is 5.40. The van der Waals surface area contributed by atoms with Gasteiger partial charge in [-0.1, -0.05) is 24.6 Å². The molecule has 0 fully saturated rings. The monoisotopic (exact) mass is 278 g/mol. The van der Waals surface area contributed by atoms with E-state index in [1.807, 2.05) is 38.1 Å². The maximum absolute atomic E-state index is 12.2. The maximum Gasteiger partial charge on any atom is 0.305 e. The number of aryl methyl sites for hydroxylation is 1.